The summed E-state index contributed by atoms with van der Waals surface area (Å²) in [5.41, 5.74) is 0. The topological polar surface area (TPSA) is 82.6 Å². The van der Waals surface area contributed by atoms with E-state index in [0.717, 1.165) is 36.6 Å². The van der Waals surface area contributed by atoms with Crippen LogP contribution >= 0.6 is 0 Å². The van der Waals surface area contributed by atoms with Gasteiger partial charge in [-0.2, -0.15) is 0 Å². The van der Waals surface area contributed by atoms with Gasteiger partial charge in [0.05, 0.1) is 0 Å². The predicted molar refractivity (Wildman–Crippen MR) is 88.1 cm³/mol. The molecule has 0 atom stereocenters. The van der Waals surface area contributed by atoms with Crippen molar-refractivity contribution in [3.63, 3.8) is 0 Å². The molecule has 0 aromatic carbocycles. The zero-order valence-corrected chi connectivity index (χ0v) is 13.6. The monoisotopic (exact) mass is 330 g/mol. The van der Waals surface area contributed by atoms with E-state index < -0.39 is 0 Å². The standard InChI is InChI=1S/C17H22N4O3/c22-15(12-21-16(23)4-5-17(21)24)19-11-13-6-9-20(10-7-13)14-3-1-2-8-18-14/h1-3,8,13H,4-7,9-12H2,(H,19,22). The van der Waals surface area contributed by atoms with Gasteiger partial charge in [0.1, 0.15) is 12.4 Å². The highest BCUT2D eigenvalue weighted by molar-refractivity contribution is 6.04. The van der Waals surface area contributed by atoms with Crippen LogP contribution < -0.4 is 10.2 Å². The number of aromatic nitrogens is 1. The summed E-state index contributed by atoms with van der Waals surface area (Å²) in [6.45, 7) is 2.27. The summed E-state index contributed by atoms with van der Waals surface area (Å²) in [7, 11) is 0. The number of pyridine rings is 1. The number of carbonyl (C=O) groups excluding carboxylic acids is 3. The molecule has 7 heteroatoms. The van der Waals surface area contributed by atoms with E-state index in [9.17, 15) is 14.4 Å². The first-order valence-corrected chi connectivity index (χ1v) is 8.39. The normalized spacial score (nSPS) is 19.0. The van der Waals surface area contributed by atoms with E-state index in [4.69, 9.17) is 0 Å². The van der Waals surface area contributed by atoms with Gasteiger partial charge in [-0.05, 0) is 30.9 Å². The van der Waals surface area contributed by atoms with Crippen LogP contribution in [0.2, 0.25) is 0 Å². The van der Waals surface area contributed by atoms with Crippen LogP contribution in [0.25, 0.3) is 0 Å². The van der Waals surface area contributed by atoms with Gasteiger partial charge in [-0.15, -0.1) is 0 Å². The maximum atomic E-state index is 11.9. The smallest absolute Gasteiger partial charge is 0.240 e. The fourth-order valence-electron chi connectivity index (χ4n) is 3.16. The number of hydrogen-bond acceptors (Lipinski definition) is 5. The lowest BCUT2D eigenvalue weighted by Crippen LogP contribution is -2.43. The number of amides is 3. The zero-order chi connectivity index (χ0) is 16.9. The van der Waals surface area contributed by atoms with Crippen molar-refractivity contribution in [1.82, 2.24) is 15.2 Å². The highest BCUT2D eigenvalue weighted by Crippen LogP contribution is 2.21. The van der Waals surface area contributed by atoms with E-state index in [2.05, 4.69) is 15.2 Å². The highest BCUT2D eigenvalue weighted by atomic mass is 16.2. The molecule has 1 N–H and O–H groups in total. The zero-order valence-electron chi connectivity index (χ0n) is 13.6. The molecule has 0 unspecified atom stereocenters. The van der Waals surface area contributed by atoms with Gasteiger partial charge in [-0.25, -0.2) is 4.98 Å². The van der Waals surface area contributed by atoms with Crippen LogP contribution in [0, 0.1) is 5.92 Å². The molecule has 24 heavy (non-hydrogen) atoms. The number of piperidine rings is 1. The van der Waals surface area contributed by atoms with Crippen molar-refractivity contribution in [1.29, 1.82) is 0 Å². The van der Waals surface area contributed by atoms with Crippen molar-refractivity contribution in [2.75, 3.05) is 31.1 Å². The third-order valence-electron chi connectivity index (χ3n) is 4.63. The second-order valence-electron chi connectivity index (χ2n) is 6.30. The Labute approximate surface area is 141 Å². The maximum Gasteiger partial charge on any atom is 0.240 e. The summed E-state index contributed by atoms with van der Waals surface area (Å²) in [6, 6.07) is 5.89. The van der Waals surface area contributed by atoms with Crippen LogP contribution in [0.15, 0.2) is 24.4 Å². The Morgan fingerprint density at radius 2 is 1.88 bits per heavy atom. The molecule has 0 spiro atoms. The first-order valence-electron chi connectivity index (χ1n) is 8.39. The van der Waals surface area contributed by atoms with Crippen LogP contribution in [0.4, 0.5) is 5.82 Å². The highest BCUT2D eigenvalue weighted by Gasteiger charge is 2.30. The van der Waals surface area contributed by atoms with E-state index in [-0.39, 0.29) is 37.1 Å². The average molecular weight is 330 g/mol. The molecule has 7 nitrogen and oxygen atoms in total. The van der Waals surface area contributed by atoms with Crippen molar-refractivity contribution >= 4 is 23.5 Å². The molecule has 2 fully saturated rings. The van der Waals surface area contributed by atoms with E-state index in [1.165, 1.54) is 0 Å². The largest absolute Gasteiger partial charge is 0.357 e. The number of carbonyl (C=O) groups is 3. The minimum Gasteiger partial charge on any atom is -0.357 e. The molecule has 0 aliphatic carbocycles. The van der Waals surface area contributed by atoms with Crippen LogP contribution in [0.1, 0.15) is 25.7 Å². The SMILES string of the molecule is O=C(CN1C(=O)CCC1=O)NCC1CCN(c2ccccn2)CC1. The van der Waals surface area contributed by atoms with E-state index in [0.29, 0.717) is 12.5 Å². The fourth-order valence-corrected chi connectivity index (χ4v) is 3.16. The first-order chi connectivity index (χ1) is 11.6. The Morgan fingerprint density at radius 1 is 1.17 bits per heavy atom. The van der Waals surface area contributed by atoms with E-state index in [1.807, 2.05) is 18.2 Å². The molecule has 0 saturated carbocycles. The molecule has 1 aromatic heterocycles. The van der Waals surface area contributed by atoms with Crippen LogP contribution in [0.3, 0.4) is 0 Å². The van der Waals surface area contributed by atoms with Crippen molar-refractivity contribution in [2.45, 2.75) is 25.7 Å². The summed E-state index contributed by atoms with van der Waals surface area (Å²) in [4.78, 5) is 42.6. The average Bonchev–Trinajstić information content (AvgIpc) is 2.93. The second-order valence-corrected chi connectivity index (χ2v) is 6.30. The Balaban J connectivity index is 1.40. The Hall–Kier alpha value is -2.44. The lowest BCUT2D eigenvalue weighted by molar-refractivity contribution is -0.142. The third-order valence-corrected chi connectivity index (χ3v) is 4.63. The van der Waals surface area contributed by atoms with Gasteiger partial charge in [0.2, 0.25) is 17.7 Å². The number of hydrogen-bond donors (Lipinski definition) is 1. The number of likely N-dealkylation sites (tertiary alicyclic amines) is 1. The molecule has 3 heterocycles. The minimum absolute atomic E-state index is 0.148. The predicted octanol–water partition coefficient (Wildman–Crippen LogP) is 0.563. The van der Waals surface area contributed by atoms with Gasteiger partial charge in [0, 0.05) is 38.7 Å². The maximum absolute atomic E-state index is 11.9. The number of imide groups is 1. The number of rotatable bonds is 5. The van der Waals surface area contributed by atoms with Crippen molar-refractivity contribution < 1.29 is 14.4 Å². The summed E-state index contributed by atoms with van der Waals surface area (Å²) in [6.07, 6.45) is 4.20. The molecule has 0 bridgehead atoms. The Morgan fingerprint density at radius 3 is 2.50 bits per heavy atom. The van der Waals surface area contributed by atoms with Gasteiger partial charge in [0.25, 0.3) is 0 Å². The van der Waals surface area contributed by atoms with E-state index in [1.54, 1.807) is 6.20 Å². The van der Waals surface area contributed by atoms with Crippen molar-refractivity contribution in [3.8, 4) is 0 Å². The minimum atomic E-state index is -0.259. The van der Waals surface area contributed by atoms with Crippen LogP contribution in [0.5, 0.6) is 0 Å². The van der Waals surface area contributed by atoms with Crippen LogP contribution in [-0.2, 0) is 14.4 Å². The van der Waals surface area contributed by atoms with Gasteiger partial charge in [0.15, 0.2) is 0 Å². The number of nitrogens with one attached hydrogen (secondary N) is 1. The molecule has 3 rings (SSSR count). The summed E-state index contributed by atoms with van der Waals surface area (Å²) >= 11 is 0. The molecule has 2 aliphatic heterocycles. The lowest BCUT2D eigenvalue weighted by atomic mass is 9.97. The number of anilines is 1. The molecule has 3 amide bonds. The fraction of sp³-hybridized carbons (Fsp3) is 0.529. The summed E-state index contributed by atoms with van der Waals surface area (Å²) < 4.78 is 0. The Kier molecular flexibility index (Phi) is 5.08. The first kappa shape index (κ1) is 16.4. The van der Waals surface area contributed by atoms with Crippen LogP contribution in [-0.4, -0.2) is 53.8 Å². The van der Waals surface area contributed by atoms with Gasteiger partial charge in [-0.1, -0.05) is 6.07 Å². The summed E-state index contributed by atoms with van der Waals surface area (Å²) in [5.74, 6) is 0.647. The van der Waals surface area contributed by atoms with E-state index >= 15 is 0 Å². The molecule has 2 aliphatic rings. The Bertz CT molecular complexity index is 596. The second kappa shape index (κ2) is 7.42. The van der Waals surface area contributed by atoms with Gasteiger partial charge >= 0.3 is 0 Å². The molecule has 1 aromatic rings. The molecule has 0 radical (unpaired) electrons. The van der Waals surface area contributed by atoms with Gasteiger partial charge < -0.3 is 10.2 Å². The summed E-state index contributed by atoms with van der Waals surface area (Å²) in [5, 5.41) is 2.86. The quantitative estimate of drug-likeness (QED) is 0.798. The van der Waals surface area contributed by atoms with Crippen molar-refractivity contribution in [3.05, 3.63) is 24.4 Å². The molecular formula is C17H22N4O3. The van der Waals surface area contributed by atoms with Gasteiger partial charge in [-0.3, -0.25) is 19.3 Å². The third kappa shape index (κ3) is 3.90. The lowest BCUT2D eigenvalue weighted by Gasteiger charge is -2.32. The number of nitrogens with zero attached hydrogens (tertiary/aromatic N) is 3. The molecule has 2 saturated heterocycles. The molecular weight excluding hydrogens is 308 g/mol. The van der Waals surface area contributed by atoms with Crippen molar-refractivity contribution in [2.24, 2.45) is 5.92 Å². The molecule has 128 valence electrons.